The molecule has 0 aliphatic carbocycles. The second-order valence-electron chi connectivity index (χ2n) is 5.63. The number of hydrogen-bond acceptors (Lipinski definition) is 4. The summed E-state index contributed by atoms with van der Waals surface area (Å²) >= 11 is 0. The Kier molecular flexibility index (Phi) is 4.25. The van der Waals surface area contributed by atoms with Crippen LogP contribution in [0.4, 0.5) is 0 Å². The molecule has 21 heavy (non-hydrogen) atoms. The molecule has 1 fully saturated rings. The number of piperidine rings is 1. The summed E-state index contributed by atoms with van der Waals surface area (Å²) in [6, 6.07) is 0.178. The molecule has 6 heteroatoms. The number of ether oxygens (including phenoxy) is 1. The highest BCUT2D eigenvalue weighted by atomic mass is 16.5. The maximum Gasteiger partial charge on any atom is 0.340 e. The van der Waals surface area contributed by atoms with E-state index < -0.39 is 5.97 Å². The van der Waals surface area contributed by atoms with Gasteiger partial charge in [-0.15, -0.1) is 0 Å². The van der Waals surface area contributed by atoms with E-state index in [1.165, 1.54) is 11.8 Å². The van der Waals surface area contributed by atoms with Crippen molar-refractivity contribution in [3.05, 3.63) is 22.5 Å². The van der Waals surface area contributed by atoms with Gasteiger partial charge in [-0.3, -0.25) is 9.47 Å². The van der Waals surface area contributed by atoms with E-state index >= 15 is 0 Å². The smallest absolute Gasteiger partial charge is 0.340 e. The number of hydrogen-bond donors (Lipinski definition) is 1. The van der Waals surface area contributed by atoms with Crippen LogP contribution in [-0.2, 0) is 4.74 Å². The molecule has 0 bridgehead atoms. The molecule has 0 saturated carbocycles. The maximum absolute atomic E-state index is 12.9. The molecule has 2 N–H and O–H groups in total. The highest BCUT2D eigenvalue weighted by Gasteiger charge is 2.32. The molecule has 1 aliphatic rings. The van der Waals surface area contributed by atoms with Gasteiger partial charge in [0.15, 0.2) is 0 Å². The molecule has 1 saturated heterocycles. The Hall–Kier alpha value is -1.98. The molecule has 0 spiro atoms. The Balaban J connectivity index is 2.49. The molecule has 1 aromatic rings. The lowest BCUT2D eigenvalue weighted by atomic mass is 10.0. The van der Waals surface area contributed by atoms with Gasteiger partial charge in [-0.1, -0.05) is 0 Å². The second-order valence-corrected chi connectivity index (χ2v) is 5.63. The first kappa shape index (κ1) is 15.4. The Bertz CT molecular complexity index is 577. The molecule has 0 radical (unpaired) electrons. The van der Waals surface area contributed by atoms with Crippen molar-refractivity contribution in [2.45, 2.75) is 46.1 Å². The van der Waals surface area contributed by atoms with Crippen molar-refractivity contribution < 1.29 is 14.3 Å². The van der Waals surface area contributed by atoms with Gasteiger partial charge in [0, 0.05) is 12.6 Å². The van der Waals surface area contributed by atoms with E-state index in [0.29, 0.717) is 17.0 Å². The highest BCUT2D eigenvalue weighted by molar-refractivity contribution is 6.07. The summed E-state index contributed by atoms with van der Waals surface area (Å²) in [6.45, 7) is 6.22. The minimum Gasteiger partial charge on any atom is -0.465 e. The minimum absolute atomic E-state index is 0.132. The lowest BCUT2D eigenvalue weighted by Gasteiger charge is -2.33. The molecule has 2 heterocycles. The van der Waals surface area contributed by atoms with Crippen molar-refractivity contribution in [3.63, 3.8) is 0 Å². The zero-order valence-corrected chi connectivity index (χ0v) is 13.1. The van der Waals surface area contributed by atoms with Gasteiger partial charge in [0.1, 0.15) is 0 Å². The fourth-order valence-corrected chi connectivity index (χ4v) is 3.01. The molecule has 1 aromatic heterocycles. The number of likely N-dealkylation sites (tertiary alicyclic amines) is 1. The van der Waals surface area contributed by atoms with Crippen LogP contribution in [0.2, 0.25) is 0 Å². The number of carbonyl (C=O) groups excluding carboxylic acids is 2. The van der Waals surface area contributed by atoms with Gasteiger partial charge in [0.25, 0.3) is 5.91 Å². The third-order valence-electron chi connectivity index (χ3n) is 4.36. The van der Waals surface area contributed by atoms with Gasteiger partial charge in [-0.25, -0.2) is 4.79 Å². The van der Waals surface area contributed by atoms with Crippen LogP contribution < -0.4 is 5.84 Å². The number of aromatic nitrogens is 1. The first-order valence-electron chi connectivity index (χ1n) is 7.26. The quantitative estimate of drug-likeness (QED) is 0.664. The zero-order valence-electron chi connectivity index (χ0n) is 13.1. The van der Waals surface area contributed by atoms with Crippen molar-refractivity contribution in [3.8, 4) is 0 Å². The minimum atomic E-state index is -0.521. The molecular weight excluding hydrogens is 270 g/mol. The summed E-state index contributed by atoms with van der Waals surface area (Å²) in [4.78, 5) is 26.7. The van der Waals surface area contributed by atoms with Crippen molar-refractivity contribution in [1.29, 1.82) is 0 Å². The van der Waals surface area contributed by atoms with Crippen LogP contribution in [0.1, 0.15) is 58.3 Å². The summed E-state index contributed by atoms with van der Waals surface area (Å²) in [5.41, 5.74) is 1.79. The van der Waals surface area contributed by atoms with E-state index in [1.54, 1.807) is 13.8 Å². The van der Waals surface area contributed by atoms with Crippen LogP contribution in [0.5, 0.6) is 0 Å². The number of esters is 1. The first-order valence-corrected chi connectivity index (χ1v) is 7.26. The van der Waals surface area contributed by atoms with Crippen molar-refractivity contribution in [2.75, 3.05) is 19.5 Å². The van der Waals surface area contributed by atoms with E-state index in [9.17, 15) is 9.59 Å². The lowest BCUT2D eigenvalue weighted by Crippen LogP contribution is -2.42. The molecule has 1 atom stereocenters. The molecule has 1 amide bonds. The Morgan fingerprint density at radius 1 is 1.19 bits per heavy atom. The van der Waals surface area contributed by atoms with Crippen molar-refractivity contribution >= 4 is 11.9 Å². The van der Waals surface area contributed by atoms with E-state index in [4.69, 9.17) is 10.6 Å². The molecule has 116 valence electrons. The second kappa shape index (κ2) is 5.79. The average molecular weight is 293 g/mol. The summed E-state index contributed by atoms with van der Waals surface area (Å²) in [7, 11) is 1.31. The predicted octanol–water partition coefficient (Wildman–Crippen LogP) is 1.62. The summed E-state index contributed by atoms with van der Waals surface area (Å²) in [5.74, 6) is 5.28. The van der Waals surface area contributed by atoms with E-state index in [-0.39, 0.29) is 17.5 Å². The number of methoxy groups -OCH3 is 1. The Morgan fingerprint density at radius 2 is 1.81 bits per heavy atom. The van der Waals surface area contributed by atoms with Gasteiger partial charge in [-0.05, 0) is 40.0 Å². The van der Waals surface area contributed by atoms with Gasteiger partial charge < -0.3 is 15.5 Å². The Labute approximate surface area is 124 Å². The van der Waals surface area contributed by atoms with E-state index in [2.05, 4.69) is 0 Å². The molecule has 6 nitrogen and oxygen atoms in total. The zero-order chi connectivity index (χ0) is 15.7. The number of nitrogens with two attached hydrogens (primary N) is 1. The van der Waals surface area contributed by atoms with Crippen LogP contribution in [0.15, 0.2) is 0 Å². The number of nitrogen functional groups attached to an aromatic ring is 1. The topological polar surface area (TPSA) is 77.6 Å². The van der Waals surface area contributed by atoms with Crippen LogP contribution in [-0.4, -0.2) is 41.1 Å². The van der Waals surface area contributed by atoms with E-state index in [0.717, 1.165) is 25.8 Å². The fourth-order valence-electron chi connectivity index (χ4n) is 3.01. The molecule has 0 aromatic carbocycles. The highest BCUT2D eigenvalue weighted by Crippen LogP contribution is 2.26. The van der Waals surface area contributed by atoms with E-state index in [1.807, 2.05) is 11.8 Å². The van der Waals surface area contributed by atoms with Crippen molar-refractivity contribution in [1.82, 2.24) is 9.58 Å². The fraction of sp³-hybridized carbons (Fsp3) is 0.600. The van der Waals surface area contributed by atoms with Gasteiger partial charge in [0.2, 0.25) is 0 Å². The summed E-state index contributed by atoms with van der Waals surface area (Å²) < 4.78 is 6.19. The van der Waals surface area contributed by atoms with Gasteiger partial charge in [-0.2, -0.15) is 0 Å². The molecular formula is C15H23N3O3. The van der Waals surface area contributed by atoms with Crippen molar-refractivity contribution in [2.24, 2.45) is 0 Å². The first-order chi connectivity index (χ1) is 9.90. The molecule has 1 aliphatic heterocycles. The largest absolute Gasteiger partial charge is 0.465 e. The average Bonchev–Trinajstić information content (AvgIpc) is 2.70. The predicted molar refractivity (Wildman–Crippen MR) is 79.7 cm³/mol. The third kappa shape index (κ3) is 2.50. The van der Waals surface area contributed by atoms with Gasteiger partial charge in [0.05, 0.1) is 29.6 Å². The van der Waals surface area contributed by atoms with Crippen LogP contribution in [0.3, 0.4) is 0 Å². The molecule has 1 unspecified atom stereocenters. The number of rotatable bonds is 2. The summed E-state index contributed by atoms with van der Waals surface area (Å²) in [5, 5.41) is 0. The monoisotopic (exact) mass is 293 g/mol. The normalized spacial score (nSPS) is 18.7. The number of nitrogens with zero attached hydrogens (tertiary/aromatic N) is 2. The van der Waals surface area contributed by atoms with Crippen LogP contribution in [0, 0.1) is 13.8 Å². The van der Waals surface area contributed by atoms with Gasteiger partial charge >= 0.3 is 5.97 Å². The molecule has 2 rings (SSSR count). The Morgan fingerprint density at radius 3 is 2.38 bits per heavy atom. The lowest BCUT2D eigenvalue weighted by molar-refractivity contribution is 0.0571. The number of carbonyl (C=O) groups is 2. The number of amides is 1. The SMILES string of the molecule is COC(=O)c1c(C(=O)N2CCCCC2C)c(C)n(N)c1C. The van der Waals surface area contributed by atoms with Crippen LogP contribution >= 0.6 is 0 Å². The third-order valence-corrected chi connectivity index (χ3v) is 4.36. The summed E-state index contributed by atoms with van der Waals surface area (Å²) in [6.07, 6.45) is 3.11. The standard InChI is InChI=1S/C15H23N3O3/c1-9-7-5-6-8-17(9)14(19)12-10(2)18(16)11(3)13(12)15(20)21-4/h9H,5-8,16H2,1-4H3. The van der Waals surface area contributed by atoms with Crippen LogP contribution in [0.25, 0.3) is 0 Å². The maximum atomic E-state index is 12.9.